The van der Waals surface area contributed by atoms with Gasteiger partial charge in [0.05, 0.1) is 6.10 Å². The van der Waals surface area contributed by atoms with Crippen molar-refractivity contribution in [3.05, 3.63) is 35.4 Å². The maximum absolute atomic E-state index is 12.2. The van der Waals surface area contributed by atoms with Gasteiger partial charge in [0.2, 0.25) is 5.91 Å². The summed E-state index contributed by atoms with van der Waals surface area (Å²) in [6.07, 6.45) is 1.03. The summed E-state index contributed by atoms with van der Waals surface area (Å²) in [4.78, 5) is 12.2. The van der Waals surface area contributed by atoms with Crippen molar-refractivity contribution >= 4 is 5.91 Å². The number of hydrogen-bond donors (Lipinski definition) is 2. The second-order valence-corrected chi connectivity index (χ2v) is 4.85. The number of rotatable bonds is 5. The molecule has 1 aliphatic rings. The van der Waals surface area contributed by atoms with Crippen molar-refractivity contribution in [2.75, 3.05) is 19.7 Å². The molecule has 2 atom stereocenters. The predicted octanol–water partition coefficient (Wildman–Crippen LogP) is 1.41. The van der Waals surface area contributed by atoms with Crippen LogP contribution in [-0.2, 0) is 16.0 Å². The molecule has 0 bridgehead atoms. The second-order valence-electron chi connectivity index (χ2n) is 4.85. The standard InChI is InChI=1S/C15H22N2O2/c1-3-19-11(2)10-17-15(18)14-13-7-5-4-6-12(13)8-9-16-14/h4-7,11,14,16H,3,8-10H2,1-2H3,(H,17,18). The van der Waals surface area contributed by atoms with Crippen LogP contribution in [0.2, 0.25) is 0 Å². The lowest BCUT2D eigenvalue weighted by atomic mass is 9.94. The molecule has 0 aliphatic carbocycles. The molecule has 1 heterocycles. The zero-order chi connectivity index (χ0) is 13.7. The lowest BCUT2D eigenvalue weighted by molar-refractivity contribution is -0.124. The molecule has 0 radical (unpaired) electrons. The van der Waals surface area contributed by atoms with Crippen molar-refractivity contribution in [1.82, 2.24) is 10.6 Å². The molecule has 1 aliphatic heterocycles. The molecular weight excluding hydrogens is 240 g/mol. The highest BCUT2D eigenvalue weighted by molar-refractivity contribution is 5.83. The monoisotopic (exact) mass is 262 g/mol. The molecule has 19 heavy (non-hydrogen) atoms. The SMILES string of the molecule is CCOC(C)CNC(=O)C1NCCc2ccccc21. The molecule has 1 aromatic rings. The average Bonchev–Trinajstić information content (AvgIpc) is 2.44. The number of ether oxygens (including phenoxy) is 1. The third-order valence-corrected chi connectivity index (χ3v) is 3.39. The lowest BCUT2D eigenvalue weighted by Gasteiger charge is -2.26. The molecule has 104 valence electrons. The summed E-state index contributed by atoms with van der Waals surface area (Å²) in [5.41, 5.74) is 2.36. The summed E-state index contributed by atoms with van der Waals surface area (Å²) >= 11 is 0. The molecule has 2 rings (SSSR count). The van der Waals surface area contributed by atoms with Crippen LogP contribution in [0.1, 0.15) is 31.0 Å². The number of carbonyl (C=O) groups excluding carboxylic acids is 1. The van der Waals surface area contributed by atoms with Crippen molar-refractivity contribution in [3.8, 4) is 0 Å². The van der Waals surface area contributed by atoms with Gasteiger partial charge in [0.25, 0.3) is 0 Å². The highest BCUT2D eigenvalue weighted by Crippen LogP contribution is 2.22. The molecule has 2 N–H and O–H groups in total. The Morgan fingerprint density at radius 3 is 3.11 bits per heavy atom. The Bertz CT molecular complexity index is 434. The quantitative estimate of drug-likeness (QED) is 0.843. The Hall–Kier alpha value is -1.39. The predicted molar refractivity (Wildman–Crippen MR) is 75.0 cm³/mol. The average molecular weight is 262 g/mol. The number of fused-ring (bicyclic) bond motifs is 1. The van der Waals surface area contributed by atoms with Gasteiger partial charge in [-0.15, -0.1) is 0 Å². The van der Waals surface area contributed by atoms with Gasteiger partial charge in [0.1, 0.15) is 6.04 Å². The van der Waals surface area contributed by atoms with E-state index < -0.39 is 0 Å². The smallest absolute Gasteiger partial charge is 0.241 e. The number of amides is 1. The van der Waals surface area contributed by atoms with E-state index in [1.807, 2.05) is 32.0 Å². The van der Waals surface area contributed by atoms with Crippen molar-refractivity contribution in [2.24, 2.45) is 0 Å². The Labute approximate surface area is 114 Å². The van der Waals surface area contributed by atoms with E-state index >= 15 is 0 Å². The van der Waals surface area contributed by atoms with Gasteiger partial charge in [-0.05, 0) is 31.4 Å². The molecule has 1 amide bonds. The third kappa shape index (κ3) is 3.55. The third-order valence-electron chi connectivity index (χ3n) is 3.39. The Morgan fingerprint density at radius 1 is 1.53 bits per heavy atom. The highest BCUT2D eigenvalue weighted by Gasteiger charge is 2.25. The molecule has 0 fully saturated rings. The van der Waals surface area contributed by atoms with E-state index in [-0.39, 0.29) is 18.1 Å². The topological polar surface area (TPSA) is 50.4 Å². The van der Waals surface area contributed by atoms with Crippen LogP contribution in [0.3, 0.4) is 0 Å². The van der Waals surface area contributed by atoms with Crippen LogP contribution in [0.4, 0.5) is 0 Å². The molecule has 0 spiro atoms. The first-order valence-corrected chi connectivity index (χ1v) is 6.93. The summed E-state index contributed by atoms with van der Waals surface area (Å²) < 4.78 is 5.41. The van der Waals surface area contributed by atoms with Crippen LogP contribution in [-0.4, -0.2) is 31.7 Å². The van der Waals surface area contributed by atoms with Crippen LogP contribution < -0.4 is 10.6 Å². The summed E-state index contributed by atoms with van der Waals surface area (Å²) in [6.45, 7) is 5.98. The zero-order valence-corrected chi connectivity index (χ0v) is 11.6. The Balaban J connectivity index is 1.97. The molecular formula is C15H22N2O2. The molecule has 0 saturated heterocycles. The van der Waals surface area contributed by atoms with E-state index in [4.69, 9.17) is 4.74 Å². The minimum absolute atomic E-state index is 0.0266. The first-order valence-electron chi connectivity index (χ1n) is 6.93. The van der Waals surface area contributed by atoms with Crippen molar-refractivity contribution in [3.63, 3.8) is 0 Å². The maximum Gasteiger partial charge on any atom is 0.241 e. The van der Waals surface area contributed by atoms with E-state index in [0.717, 1.165) is 18.5 Å². The van der Waals surface area contributed by atoms with Crippen molar-refractivity contribution in [1.29, 1.82) is 0 Å². The zero-order valence-electron chi connectivity index (χ0n) is 11.6. The number of hydrogen-bond acceptors (Lipinski definition) is 3. The fourth-order valence-corrected chi connectivity index (χ4v) is 2.43. The number of benzene rings is 1. The summed E-state index contributed by atoms with van der Waals surface area (Å²) in [5, 5.41) is 6.23. The van der Waals surface area contributed by atoms with Crippen molar-refractivity contribution < 1.29 is 9.53 Å². The van der Waals surface area contributed by atoms with Gasteiger partial charge in [0.15, 0.2) is 0 Å². The molecule has 1 aromatic carbocycles. The van der Waals surface area contributed by atoms with Gasteiger partial charge in [-0.25, -0.2) is 0 Å². The van der Waals surface area contributed by atoms with Gasteiger partial charge in [-0.2, -0.15) is 0 Å². The van der Waals surface area contributed by atoms with E-state index in [1.165, 1.54) is 5.56 Å². The number of nitrogens with one attached hydrogen (secondary N) is 2. The molecule has 4 heteroatoms. The molecule has 4 nitrogen and oxygen atoms in total. The van der Waals surface area contributed by atoms with Crippen molar-refractivity contribution in [2.45, 2.75) is 32.4 Å². The van der Waals surface area contributed by atoms with Gasteiger partial charge in [-0.1, -0.05) is 24.3 Å². The van der Waals surface area contributed by atoms with Crippen LogP contribution in [0, 0.1) is 0 Å². The van der Waals surface area contributed by atoms with Crippen LogP contribution in [0.15, 0.2) is 24.3 Å². The highest BCUT2D eigenvalue weighted by atomic mass is 16.5. The molecule has 0 aromatic heterocycles. The molecule has 0 saturated carbocycles. The van der Waals surface area contributed by atoms with Gasteiger partial charge in [-0.3, -0.25) is 4.79 Å². The fraction of sp³-hybridized carbons (Fsp3) is 0.533. The first-order chi connectivity index (χ1) is 9.22. The Kier molecular flexibility index (Phi) is 4.93. The minimum atomic E-state index is -0.237. The van der Waals surface area contributed by atoms with Crippen LogP contribution in [0.25, 0.3) is 0 Å². The van der Waals surface area contributed by atoms with Gasteiger partial charge < -0.3 is 15.4 Å². The van der Waals surface area contributed by atoms with Crippen LogP contribution in [0.5, 0.6) is 0 Å². The summed E-state index contributed by atoms with van der Waals surface area (Å²) in [6, 6.07) is 7.89. The normalized spacial score (nSPS) is 19.6. The summed E-state index contributed by atoms with van der Waals surface area (Å²) in [5.74, 6) is 0.0266. The lowest BCUT2D eigenvalue weighted by Crippen LogP contribution is -2.43. The van der Waals surface area contributed by atoms with E-state index in [2.05, 4.69) is 16.7 Å². The number of carbonyl (C=O) groups is 1. The van der Waals surface area contributed by atoms with Crippen LogP contribution >= 0.6 is 0 Å². The van der Waals surface area contributed by atoms with E-state index in [0.29, 0.717) is 13.2 Å². The maximum atomic E-state index is 12.2. The largest absolute Gasteiger partial charge is 0.377 e. The second kappa shape index (κ2) is 6.68. The Morgan fingerprint density at radius 2 is 2.32 bits per heavy atom. The fourth-order valence-electron chi connectivity index (χ4n) is 2.43. The minimum Gasteiger partial charge on any atom is -0.377 e. The van der Waals surface area contributed by atoms with E-state index in [9.17, 15) is 4.79 Å². The first kappa shape index (κ1) is 14.0. The molecule has 2 unspecified atom stereocenters. The van der Waals surface area contributed by atoms with Gasteiger partial charge in [0, 0.05) is 19.7 Å². The summed E-state index contributed by atoms with van der Waals surface area (Å²) in [7, 11) is 0. The van der Waals surface area contributed by atoms with Gasteiger partial charge >= 0.3 is 0 Å². The van der Waals surface area contributed by atoms with E-state index in [1.54, 1.807) is 0 Å².